The Bertz CT molecular complexity index is 1130. The maximum absolute atomic E-state index is 12.4. The number of hydrogen-bond donors (Lipinski definition) is 2. The highest BCUT2D eigenvalue weighted by Gasteiger charge is 2.16. The highest BCUT2D eigenvalue weighted by Crippen LogP contribution is 2.20. The van der Waals surface area contributed by atoms with Gasteiger partial charge < -0.3 is 5.32 Å². The zero-order valence-electron chi connectivity index (χ0n) is 16.7. The molecule has 29 heavy (non-hydrogen) atoms. The Morgan fingerprint density at radius 1 is 1.03 bits per heavy atom. The Balaban J connectivity index is 1.58. The number of nitrogens with zero attached hydrogens (tertiary/aromatic N) is 4. The fourth-order valence-corrected chi connectivity index (χ4v) is 4.33. The highest BCUT2D eigenvalue weighted by molar-refractivity contribution is 7.89. The van der Waals surface area contributed by atoms with E-state index in [9.17, 15) is 8.42 Å². The number of hydrogen-bond acceptors (Lipinski definition) is 6. The van der Waals surface area contributed by atoms with E-state index in [0.717, 1.165) is 17.0 Å². The molecule has 2 N–H and O–H groups in total. The Labute approximate surface area is 175 Å². The van der Waals surface area contributed by atoms with E-state index in [-0.39, 0.29) is 11.4 Å². The van der Waals surface area contributed by atoms with Crippen LogP contribution in [0.5, 0.6) is 0 Å². The van der Waals surface area contributed by atoms with Crippen LogP contribution in [0.3, 0.4) is 0 Å². The van der Waals surface area contributed by atoms with Crippen molar-refractivity contribution in [2.75, 3.05) is 18.4 Å². The summed E-state index contributed by atoms with van der Waals surface area (Å²) in [6.45, 7) is 8.22. The zero-order chi connectivity index (χ0) is 21.2. The summed E-state index contributed by atoms with van der Waals surface area (Å²) >= 11 is 5.91. The van der Waals surface area contributed by atoms with Crippen LogP contribution in [0.4, 0.5) is 5.82 Å². The molecular weight excluding hydrogens is 412 g/mol. The first-order valence-corrected chi connectivity index (χ1v) is 10.9. The van der Waals surface area contributed by atoms with Gasteiger partial charge in [0.2, 0.25) is 10.0 Å². The first-order chi connectivity index (χ1) is 13.7. The lowest BCUT2D eigenvalue weighted by molar-refractivity contribution is 0.582. The number of halogens is 1. The Kier molecular flexibility index (Phi) is 6.21. The molecular formula is C19H23ClN6O2S. The normalized spacial score (nSPS) is 11.6. The Morgan fingerprint density at radius 3 is 2.41 bits per heavy atom. The van der Waals surface area contributed by atoms with Crippen LogP contribution in [-0.4, -0.2) is 41.5 Å². The van der Waals surface area contributed by atoms with E-state index < -0.39 is 10.0 Å². The number of aryl methyl sites for hydroxylation is 2. The molecule has 0 aliphatic rings. The molecule has 8 nitrogen and oxygen atoms in total. The van der Waals surface area contributed by atoms with Gasteiger partial charge in [0.05, 0.1) is 10.6 Å². The topological polar surface area (TPSA) is 102 Å². The lowest BCUT2D eigenvalue weighted by atomic mass is 10.2. The number of aromatic nitrogens is 4. The fourth-order valence-electron chi connectivity index (χ4n) is 2.79. The average Bonchev–Trinajstić information content (AvgIpc) is 2.95. The van der Waals surface area contributed by atoms with E-state index in [4.69, 9.17) is 11.6 Å². The van der Waals surface area contributed by atoms with Crippen molar-refractivity contribution in [1.29, 1.82) is 0 Å². The van der Waals surface area contributed by atoms with Gasteiger partial charge in [-0.25, -0.2) is 17.8 Å². The van der Waals surface area contributed by atoms with Crippen molar-refractivity contribution in [3.05, 3.63) is 57.9 Å². The molecule has 0 fully saturated rings. The van der Waals surface area contributed by atoms with Crippen LogP contribution in [0.15, 0.2) is 35.2 Å². The summed E-state index contributed by atoms with van der Waals surface area (Å²) in [6.07, 6.45) is 0. The van der Waals surface area contributed by atoms with Gasteiger partial charge in [0.25, 0.3) is 0 Å². The van der Waals surface area contributed by atoms with Crippen LogP contribution in [0.1, 0.15) is 22.5 Å². The van der Waals surface area contributed by atoms with Crippen LogP contribution in [-0.2, 0) is 10.0 Å². The summed E-state index contributed by atoms with van der Waals surface area (Å²) in [5.74, 6) is 1.17. The van der Waals surface area contributed by atoms with Gasteiger partial charge in [0.15, 0.2) is 5.82 Å². The van der Waals surface area contributed by atoms with Crippen LogP contribution >= 0.6 is 11.6 Å². The van der Waals surface area contributed by atoms with Gasteiger partial charge in [-0.05, 0) is 63.1 Å². The first kappa shape index (κ1) is 21.2. The maximum Gasteiger partial charge on any atom is 0.240 e. The smallest absolute Gasteiger partial charge is 0.240 e. The van der Waals surface area contributed by atoms with E-state index in [2.05, 4.69) is 25.3 Å². The van der Waals surface area contributed by atoms with Gasteiger partial charge in [0, 0.05) is 23.8 Å². The van der Waals surface area contributed by atoms with Gasteiger partial charge in [-0.1, -0.05) is 17.7 Å². The molecule has 3 rings (SSSR count). The molecule has 2 aromatic heterocycles. The van der Waals surface area contributed by atoms with E-state index in [1.807, 2.05) is 26.8 Å². The van der Waals surface area contributed by atoms with E-state index in [0.29, 0.717) is 28.8 Å². The molecule has 0 bridgehead atoms. The second-order valence-electron chi connectivity index (χ2n) is 6.72. The van der Waals surface area contributed by atoms with Crippen molar-refractivity contribution in [1.82, 2.24) is 24.7 Å². The standard InChI is InChI=1S/C19H23ClN6O2S/c1-12-5-6-16(20)11-17(12)29(27,28)22-10-9-21-18-7-8-19(24-23-18)26-15(4)13(2)14(3)25-26/h5-8,11,22H,9-10H2,1-4H3,(H,21,23). The van der Waals surface area contributed by atoms with Crippen LogP contribution in [0.2, 0.25) is 5.02 Å². The molecule has 10 heteroatoms. The minimum absolute atomic E-state index is 0.175. The third-order valence-corrected chi connectivity index (χ3v) is 6.52. The lowest BCUT2D eigenvalue weighted by Crippen LogP contribution is -2.29. The third-order valence-electron chi connectivity index (χ3n) is 4.68. The minimum Gasteiger partial charge on any atom is -0.367 e. The maximum atomic E-state index is 12.4. The van der Waals surface area contributed by atoms with Crippen LogP contribution in [0, 0.1) is 27.7 Å². The number of rotatable bonds is 7. The quantitative estimate of drug-likeness (QED) is 0.554. The van der Waals surface area contributed by atoms with Crippen molar-refractivity contribution in [2.24, 2.45) is 0 Å². The second-order valence-corrected chi connectivity index (χ2v) is 8.89. The molecule has 2 heterocycles. The molecule has 3 aromatic rings. The van der Waals surface area contributed by atoms with E-state index >= 15 is 0 Å². The molecule has 0 saturated heterocycles. The van der Waals surface area contributed by atoms with E-state index in [1.54, 1.807) is 29.8 Å². The molecule has 0 spiro atoms. The second kappa shape index (κ2) is 8.48. The van der Waals surface area contributed by atoms with Crippen molar-refractivity contribution in [3.8, 4) is 5.82 Å². The molecule has 1 aromatic carbocycles. The molecule has 0 aliphatic carbocycles. The van der Waals surface area contributed by atoms with Crippen molar-refractivity contribution in [3.63, 3.8) is 0 Å². The summed E-state index contributed by atoms with van der Waals surface area (Å²) in [5, 5.41) is 16.2. The Hall–Kier alpha value is -2.49. The summed E-state index contributed by atoms with van der Waals surface area (Å²) in [7, 11) is -3.64. The lowest BCUT2D eigenvalue weighted by Gasteiger charge is -2.10. The first-order valence-electron chi connectivity index (χ1n) is 9.05. The average molecular weight is 435 g/mol. The Morgan fingerprint density at radius 2 is 1.79 bits per heavy atom. The van der Waals surface area contributed by atoms with Crippen molar-refractivity contribution >= 4 is 27.4 Å². The van der Waals surface area contributed by atoms with Crippen molar-refractivity contribution < 1.29 is 8.42 Å². The summed E-state index contributed by atoms with van der Waals surface area (Å²) in [6, 6.07) is 8.37. The van der Waals surface area contributed by atoms with Gasteiger partial charge in [0.1, 0.15) is 5.82 Å². The number of nitrogens with one attached hydrogen (secondary N) is 2. The monoisotopic (exact) mass is 434 g/mol. The summed E-state index contributed by atoms with van der Waals surface area (Å²) in [5.41, 5.74) is 3.73. The molecule has 0 radical (unpaired) electrons. The number of sulfonamides is 1. The zero-order valence-corrected chi connectivity index (χ0v) is 18.3. The van der Waals surface area contributed by atoms with Gasteiger partial charge in [-0.3, -0.25) is 0 Å². The minimum atomic E-state index is -3.64. The summed E-state index contributed by atoms with van der Waals surface area (Å²) < 4.78 is 29.2. The van der Waals surface area contributed by atoms with Crippen molar-refractivity contribution in [2.45, 2.75) is 32.6 Å². The molecule has 0 atom stereocenters. The molecule has 0 unspecified atom stereocenters. The third kappa shape index (κ3) is 4.75. The fraction of sp³-hybridized carbons (Fsp3) is 0.316. The van der Waals surface area contributed by atoms with Crippen LogP contribution in [0.25, 0.3) is 5.82 Å². The van der Waals surface area contributed by atoms with Crippen LogP contribution < -0.4 is 10.0 Å². The highest BCUT2D eigenvalue weighted by atomic mass is 35.5. The van der Waals surface area contributed by atoms with Gasteiger partial charge in [-0.15, -0.1) is 10.2 Å². The SMILES string of the molecule is Cc1ccc(Cl)cc1S(=O)(=O)NCCNc1ccc(-n2nc(C)c(C)c2C)nn1. The van der Waals surface area contributed by atoms with Gasteiger partial charge >= 0.3 is 0 Å². The van der Waals surface area contributed by atoms with E-state index in [1.165, 1.54) is 6.07 Å². The largest absolute Gasteiger partial charge is 0.367 e. The predicted octanol–water partition coefficient (Wildman–Crippen LogP) is 2.94. The summed E-state index contributed by atoms with van der Waals surface area (Å²) in [4.78, 5) is 0.175. The molecule has 0 saturated carbocycles. The predicted molar refractivity (Wildman–Crippen MR) is 113 cm³/mol. The molecule has 0 aliphatic heterocycles. The molecule has 0 amide bonds. The van der Waals surface area contributed by atoms with Gasteiger partial charge in [-0.2, -0.15) is 5.10 Å². The molecule has 154 valence electrons. The number of anilines is 1. The number of benzene rings is 1.